The van der Waals surface area contributed by atoms with Crippen molar-refractivity contribution in [1.29, 1.82) is 0 Å². The van der Waals surface area contributed by atoms with E-state index in [1.807, 2.05) is 32.2 Å². The third-order valence-corrected chi connectivity index (χ3v) is 2.95. The highest BCUT2D eigenvalue weighted by atomic mass is 16.4. The average molecular weight is 240 g/mol. The highest BCUT2D eigenvalue weighted by Crippen LogP contribution is 2.25. The van der Waals surface area contributed by atoms with Crippen molar-refractivity contribution in [3.63, 3.8) is 0 Å². The number of rotatable bonds is 1. The predicted molar refractivity (Wildman–Crippen MR) is 69.5 cm³/mol. The normalized spacial score (nSPS) is 11.0. The Bertz CT molecular complexity index is 784. The highest BCUT2D eigenvalue weighted by molar-refractivity contribution is 5.80. The van der Waals surface area contributed by atoms with Gasteiger partial charge < -0.3 is 4.42 Å². The summed E-state index contributed by atoms with van der Waals surface area (Å²) in [5.74, 6) is -0.429. The molecule has 0 atom stereocenters. The average Bonchev–Trinajstić information content (AvgIpc) is 2.71. The first-order valence-corrected chi connectivity index (χ1v) is 5.70. The summed E-state index contributed by atoms with van der Waals surface area (Å²) >= 11 is 0. The number of hydrogen-bond donors (Lipinski definition) is 1. The Morgan fingerprint density at radius 1 is 1.22 bits per heavy atom. The molecular formula is C14H12N2O2. The van der Waals surface area contributed by atoms with Crippen LogP contribution in [0.3, 0.4) is 0 Å². The van der Waals surface area contributed by atoms with Gasteiger partial charge in [-0.3, -0.25) is 9.97 Å². The van der Waals surface area contributed by atoms with E-state index in [1.165, 1.54) is 0 Å². The van der Waals surface area contributed by atoms with Crippen molar-refractivity contribution in [1.82, 2.24) is 9.97 Å². The number of nitrogens with one attached hydrogen (secondary N) is 1. The number of oxazole rings is 1. The van der Waals surface area contributed by atoms with Crippen molar-refractivity contribution in [2.24, 2.45) is 0 Å². The molecule has 4 heteroatoms. The van der Waals surface area contributed by atoms with E-state index in [2.05, 4.69) is 16.0 Å². The Hall–Kier alpha value is -2.36. The molecule has 0 radical (unpaired) electrons. The Labute approximate surface area is 103 Å². The van der Waals surface area contributed by atoms with Gasteiger partial charge in [0.1, 0.15) is 0 Å². The van der Waals surface area contributed by atoms with E-state index >= 15 is 0 Å². The summed E-state index contributed by atoms with van der Waals surface area (Å²) < 4.78 is 4.99. The van der Waals surface area contributed by atoms with Crippen LogP contribution in [0, 0.1) is 13.8 Å². The van der Waals surface area contributed by atoms with Crippen LogP contribution in [-0.2, 0) is 0 Å². The van der Waals surface area contributed by atoms with E-state index in [-0.39, 0.29) is 0 Å². The van der Waals surface area contributed by atoms with Gasteiger partial charge in [0.05, 0.1) is 5.52 Å². The van der Waals surface area contributed by atoms with Crippen LogP contribution >= 0.6 is 0 Å². The molecule has 18 heavy (non-hydrogen) atoms. The lowest BCUT2D eigenvalue weighted by molar-refractivity contribution is 0.555. The lowest BCUT2D eigenvalue weighted by atomic mass is 10.0. The number of H-pyrrole nitrogens is 1. The van der Waals surface area contributed by atoms with Crippen LogP contribution in [0.1, 0.15) is 11.3 Å². The zero-order chi connectivity index (χ0) is 12.7. The van der Waals surface area contributed by atoms with E-state index in [1.54, 1.807) is 6.07 Å². The Morgan fingerprint density at radius 2 is 2.06 bits per heavy atom. The van der Waals surface area contributed by atoms with Crippen molar-refractivity contribution in [3.8, 4) is 11.1 Å². The van der Waals surface area contributed by atoms with E-state index < -0.39 is 5.76 Å². The van der Waals surface area contributed by atoms with Gasteiger partial charge in [0.15, 0.2) is 5.58 Å². The van der Waals surface area contributed by atoms with Gasteiger partial charge in [0.2, 0.25) is 0 Å². The molecule has 0 saturated carbocycles. The topological polar surface area (TPSA) is 58.9 Å². The van der Waals surface area contributed by atoms with Crippen LogP contribution in [0.15, 0.2) is 39.7 Å². The van der Waals surface area contributed by atoms with Crippen molar-refractivity contribution in [3.05, 3.63) is 52.3 Å². The van der Waals surface area contributed by atoms with Gasteiger partial charge in [-0.15, -0.1) is 0 Å². The molecule has 90 valence electrons. The smallest absolute Gasteiger partial charge is 0.408 e. The van der Waals surface area contributed by atoms with Crippen LogP contribution in [0.2, 0.25) is 0 Å². The van der Waals surface area contributed by atoms with Crippen LogP contribution in [0.4, 0.5) is 0 Å². The number of pyridine rings is 1. The quantitative estimate of drug-likeness (QED) is 0.711. The maximum absolute atomic E-state index is 11.1. The fourth-order valence-corrected chi connectivity index (χ4v) is 2.05. The first kappa shape index (κ1) is 10.8. The van der Waals surface area contributed by atoms with E-state index in [9.17, 15) is 4.79 Å². The van der Waals surface area contributed by atoms with E-state index in [0.29, 0.717) is 11.1 Å². The summed E-state index contributed by atoms with van der Waals surface area (Å²) in [6.45, 7) is 3.98. The van der Waals surface area contributed by atoms with E-state index in [0.717, 1.165) is 22.4 Å². The highest BCUT2D eigenvalue weighted by Gasteiger charge is 2.07. The number of aromatic nitrogens is 2. The third-order valence-electron chi connectivity index (χ3n) is 2.95. The molecule has 4 nitrogen and oxygen atoms in total. The number of hydrogen-bond acceptors (Lipinski definition) is 3. The molecule has 0 fully saturated rings. The van der Waals surface area contributed by atoms with Crippen molar-refractivity contribution >= 4 is 11.1 Å². The molecule has 0 aliphatic carbocycles. The molecule has 0 aliphatic rings. The largest absolute Gasteiger partial charge is 0.417 e. The van der Waals surface area contributed by atoms with Gasteiger partial charge in [-0.25, -0.2) is 4.79 Å². The van der Waals surface area contributed by atoms with Gasteiger partial charge in [0, 0.05) is 17.5 Å². The van der Waals surface area contributed by atoms with Gasteiger partial charge in [0.25, 0.3) is 0 Å². The summed E-state index contributed by atoms with van der Waals surface area (Å²) in [6.07, 6.45) is 1.84. The maximum Gasteiger partial charge on any atom is 0.417 e. The molecule has 0 spiro atoms. The second-order valence-corrected chi connectivity index (χ2v) is 4.37. The fraction of sp³-hybridized carbons (Fsp3) is 0.143. The van der Waals surface area contributed by atoms with Gasteiger partial charge in [-0.1, -0.05) is 6.07 Å². The molecule has 3 rings (SSSR count). The number of benzene rings is 1. The number of aryl methyl sites for hydroxylation is 2. The molecule has 2 heterocycles. The summed E-state index contributed by atoms with van der Waals surface area (Å²) in [5.41, 5.74) is 5.44. The van der Waals surface area contributed by atoms with Gasteiger partial charge in [-0.2, -0.15) is 0 Å². The summed E-state index contributed by atoms with van der Waals surface area (Å²) in [5, 5.41) is 0. The minimum absolute atomic E-state index is 0.429. The maximum atomic E-state index is 11.1. The second kappa shape index (κ2) is 3.84. The standard InChI is InChI=1S/C14H12N2O2/c1-8-5-11(9(2)15-7-8)10-3-4-13-12(6-10)16-14(17)18-13/h3-7H,1-2H3,(H,16,17). The predicted octanol–water partition coefficient (Wildman–Crippen LogP) is 2.80. The molecule has 0 aliphatic heterocycles. The van der Waals surface area contributed by atoms with Gasteiger partial charge in [-0.05, 0) is 43.2 Å². The zero-order valence-electron chi connectivity index (χ0n) is 10.2. The molecule has 0 bridgehead atoms. The monoisotopic (exact) mass is 240 g/mol. The molecule has 0 amide bonds. The van der Waals surface area contributed by atoms with Crippen LogP contribution in [0.25, 0.3) is 22.2 Å². The molecule has 0 saturated heterocycles. The third kappa shape index (κ3) is 1.72. The van der Waals surface area contributed by atoms with Crippen LogP contribution < -0.4 is 5.76 Å². The van der Waals surface area contributed by atoms with Gasteiger partial charge >= 0.3 is 5.76 Å². The number of aromatic amines is 1. The second-order valence-electron chi connectivity index (χ2n) is 4.37. The molecule has 2 aromatic heterocycles. The Morgan fingerprint density at radius 3 is 2.89 bits per heavy atom. The minimum atomic E-state index is -0.429. The molecular weight excluding hydrogens is 228 g/mol. The molecule has 1 aromatic carbocycles. The Balaban J connectivity index is 2.24. The van der Waals surface area contributed by atoms with Crippen molar-refractivity contribution < 1.29 is 4.42 Å². The summed E-state index contributed by atoms with van der Waals surface area (Å²) in [6, 6.07) is 7.72. The van der Waals surface area contributed by atoms with E-state index in [4.69, 9.17) is 4.42 Å². The van der Waals surface area contributed by atoms with Crippen molar-refractivity contribution in [2.75, 3.05) is 0 Å². The van der Waals surface area contributed by atoms with Crippen LogP contribution in [0.5, 0.6) is 0 Å². The summed E-state index contributed by atoms with van der Waals surface area (Å²) in [4.78, 5) is 18.1. The molecule has 3 aromatic rings. The molecule has 0 unspecified atom stereocenters. The molecule has 1 N–H and O–H groups in total. The first-order chi connectivity index (χ1) is 8.63. The first-order valence-electron chi connectivity index (χ1n) is 5.70. The SMILES string of the molecule is Cc1cnc(C)c(-c2ccc3oc(=O)[nH]c3c2)c1. The lowest BCUT2D eigenvalue weighted by Crippen LogP contribution is -1.93. The van der Waals surface area contributed by atoms with Crippen LogP contribution in [-0.4, -0.2) is 9.97 Å². The minimum Gasteiger partial charge on any atom is -0.408 e. The lowest BCUT2D eigenvalue weighted by Gasteiger charge is -2.06. The fourth-order valence-electron chi connectivity index (χ4n) is 2.05. The Kier molecular flexibility index (Phi) is 2.30. The number of fused-ring (bicyclic) bond motifs is 1. The van der Waals surface area contributed by atoms with Crippen molar-refractivity contribution in [2.45, 2.75) is 13.8 Å². The summed E-state index contributed by atoms with van der Waals surface area (Å²) in [7, 11) is 0. The zero-order valence-corrected chi connectivity index (χ0v) is 10.2. The number of nitrogens with zero attached hydrogens (tertiary/aromatic N) is 1.